The second kappa shape index (κ2) is 7.08. The predicted molar refractivity (Wildman–Crippen MR) is 81.8 cm³/mol. The summed E-state index contributed by atoms with van der Waals surface area (Å²) in [5.41, 5.74) is 6.07. The quantitative estimate of drug-likeness (QED) is 0.776. The third-order valence-corrected chi connectivity index (χ3v) is 3.77. The van der Waals surface area contributed by atoms with Gasteiger partial charge in [-0.25, -0.2) is 4.79 Å². The highest BCUT2D eigenvalue weighted by Gasteiger charge is 2.27. The van der Waals surface area contributed by atoms with Crippen molar-refractivity contribution in [3.05, 3.63) is 30.3 Å². The number of imide groups is 1. The molecule has 1 aromatic carbocycles. The zero-order valence-corrected chi connectivity index (χ0v) is 12.2. The first kappa shape index (κ1) is 15.3. The molecule has 2 atom stereocenters. The van der Waals surface area contributed by atoms with Gasteiger partial charge in [-0.15, -0.1) is 0 Å². The van der Waals surface area contributed by atoms with Gasteiger partial charge < -0.3 is 11.1 Å². The van der Waals surface area contributed by atoms with E-state index in [1.165, 1.54) is 0 Å². The molecule has 1 fully saturated rings. The van der Waals surface area contributed by atoms with Crippen molar-refractivity contribution in [1.82, 2.24) is 10.2 Å². The van der Waals surface area contributed by atoms with Crippen LogP contribution in [0.4, 0.5) is 10.5 Å². The number of rotatable bonds is 4. The second-order valence-electron chi connectivity index (χ2n) is 5.37. The SMILES string of the molecule is CC(C(=O)NC(N)=O)N1CCCC(Nc2ccccc2)C1. The lowest BCUT2D eigenvalue weighted by Gasteiger charge is -2.36. The molecule has 0 bridgehead atoms. The molecular weight excluding hydrogens is 268 g/mol. The number of hydrogen-bond acceptors (Lipinski definition) is 4. The number of carbonyl (C=O) groups is 2. The zero-order valence-electron chi connectivity index (χ0n) is 12.2. The predicted octanol–water partition coefficient (Wildman–Crippen LogP) is 1.15. The van der Waals surface area contributed by atoms with Gasteiger partial charge in [-0.2, -0.15) is 0 Å². The molecule has 1 aliphatic rings. The van der Waals surface area contributed by atoms with Crippen LogP contribution in [0.25, 0.3) is 0 Å². The average Bonchev–Trinajstić information content (AvgIpc) is 2.47. The largest absolute Gasteiger partial charge is 0.381 e. The molecule has 0 spiro atoms. The fourth-order valence-corrected chi connectivity index (χ4v) is 2.64. The standard InChI is InChI=1S/C15H22N4O2/c1-11(14(20)18-15(16)21)19-9-5-8-13(10-19)17-12-6-3-2-4-7-12/h2-4,6-7,11,13,17H,5,8-10H2,1H3,(H3,16,18,20,21). The Kier molecular flexibility index (Phi) is 5.16. The minimum atomic E-state index is -0.803. The number of hydrogen-bond donors (Lipinski definition) is 3. The summed E-state index contributed by atoms with van der Waals surface area (Å²) in [6, 6.07) is 9.15. The molecular formula is C15H22N4O2. The minimum absolute atomic E-state index is 0.296. The first-order valence-electron chi connectivity index (χ1n) is 7.22. The lowest BCUT2D eigenvalue weighted by Crippen LogP contribution is -2.53. The lowest BCUT2D eigenvalue weighted by atomic mass is 10.0. The van der Waals surface area contributed by atoms with Crippen LogP contribution in [0.5, 0.6) is 0 Å². The summed E-state index contributed by atoms with van der Waals surface area (Å²) in [6.45, 7) is 3.41. The van der Waals surface area contributed by atoms with Gasteiger partial charge >= 0.3 is 6.03 Å². The van der Waals surface area contributed by atoms with Crippen molar-refractivity contribution in [3.8, 4) is 0 Å². The van der Waals surface area contributed by atoms with Crippen molar-refractivity contribution in [3.63, 3.8) is 0 Å². The summed E-state index contributed by atoms with van der Waals surface area (Å²) in [7, 11) is 0. The van der Waals surface area contributed by atoms with Gasteiger partial charge in [0.2, 0.25) is 5.91 Å². The molecule has 2 rings (SSSR count). The maximum absolute atomic E-state index is 11.8. The molecule has 0 radical (unpaired) electrons. The van der Waals surface area contributed by atoms with Crippen molar-refractivity contribution in [2.24, 2.45) is 5.73 Å². The summed E-state index contributed by atoms with van der Waals surface area (Å²) in [5.74, 6) is -0.345. The van der Waals surface area contributed by atoms with Crippen LogP contribution in [0.3, 0.4) is 0 Å². The van der Waals surface area contributed by atoms with Crippen molar-refractivity contribution in [1.29, 1.82) is 0 Å². The number of benzene rings is 1. The normalized spacial score (nSPS) is 20.5. The van der Waals surface area contributed by atoms with E-state index in [1.807, 2.05) is 30.3 Å². The van der Waals surface area contributed by atoms with Crippen molar-refractivity contribution >= 4 is 17.6 Å². The van der Waals surface area contributed by atoms with Crippen LogP contribution in [-0.2, 0) is 4.79 Å². The van der Waals surface area contributed by atoms with E-state index in [9.17, 15) is 9.59 Å². The number of amides is 3. The van der Waals surface area contributed by atoms with E-state index in [4.69, 9.17) is 5.73 Å². The molecule has 1 aliphatic heterocycles. The van der Waals surface area contributed by atoms with Gasteiger partial charge in [-0.1, -0.05) is 18.2 Å². The number of likely N-dealkylation sites (tertiary alicyclic amines) is 1. The van der Waals surface area contributed by atoms with Gasteiger partial charge in [0.15, 0.2) is 0 Å². The Balaban J connectivity index is 1.91. The molecule has 21 heavy (non-hydrogen) atoms. The van der Waals surface area contributed by atoms with Gasteiger partial charge in [-0.3, -0.25) is 15.0 Å². The number of nitrogens with two attached hydrogens (primary N) is 1. The van der Waals surface area contributed by atoms with E-state index in [1.54, 1.807) is 6.92 Å². The first-order valence-corrected chi connectivity index (χ1v) is 7.22. The Hall–Kier alpha value is -2.08. The summed E-state index contributed by atoms with van der Waals surface area (Å²) in [6.07, 6.45) is 2.08. The minimum Gasteiger partial charge on any atom is -0.381 e. The topological polar surface area (TPSA) is 87.5 Å². The Labute approximate surface area is 124 Å². The Bertz CT molecular complexity index is 492. The highest BCUT2D eigenvalue weighted by atomic mass is 16.2. The molecule has 0 aliphatic carbocycles. The van der Waals surface area contributed by atoms with E-state index < -0.39 is 6.03 Å². The fourth-order valence-electron chi connectivity index (χ4n) is 2.64. The van der Waals surface area contributed by atoms with Crippen LogP contribution in [0.15, 0.2) is 30.3 Å². The van der Waals surface area contributed by atoms with Crippen LogP contribution in [0, 0.1) is 0 Å². The molecule has 0 saturated carbocycles. The van der Waals surface area contributed by atoms with Crippen LogP contribution in [-0.4, -0.2) is 42.0 Å². The maximum atomic E-state index is 11.8. The molecule has 0 aromatic heterocycles. The van der Waals surface area contributed by atoms with Gasteiger partial charge in [0.05, 0.1) is 6.04 Å². The number of carbonyl (C=O) groups excluding carboxylic acids is 2. The van der Waals surface area contributed by atoms with Crippen LogP contribution in [0.1, 0.15) is 19.8 Å². The molecule has 1 aromatic rings. The summed E-state index contributed by atoms with van der Waals surface area (Å²) in [4.78, 5) is 24.7. The van der Waals surface area contributed by atoms with E-state index in [-0.39, 0.29) is 11.9 Å². The number of nitrogens with zero attached hydrogens (tertiary/aromatic N) is 1. The van der Waals surface area contributed by atoms with Gasteiger partial charge in [0.25, 0.3) is 0 Å². The molecule has 1 saturated heterocycles. The van der Waals surface area contributed by atoms with Crippen molar-refractivity contribution < 1.29 is 9.59 Å². The van der Waals surface area contributed by atoms with Gasteiger partial charge in [0, 0.05) is 18.3 Å². The number of primary amides is 1. The zero-order chi connectivity index (χ0) is 15.2. The maximum Gasteiger partial charge on any atom is 0.318 e. The molecule has 2 unspecified atom stereocenters. The Morgan fingerprint density at radius 2 is 2.05 bits per heavy atom. The molecule has 4 N–H and O–H groups in total. The summed E-state index contributed by atoms with van der Waals surface area (Å²) >= 11 is 0. The molecule has 3 amide bonds. The smallest absolute Gasteiger partial charge is 0.318 e. The number of anilines is 1. The third kappa shape index (κ3) is 4.46. The second-order valence-corrected chi connectivity index (χ2v) is 5.37. The molecule has 6 nitrogen and oxygen atoms in total. The molecule has 1 heterocycles. The van der Waals surface area contributed by atoms with Crippen molar-refractivity contribution in [2.75, 3.05) is 18.4 Å². The van der Waals surface area contributed by atoms with E-state index in [0.717, 1.165) is 31.6 Å². The lowest BCUT2D eigenvalue weighted by molar-refractivity contribution is -0.125. The number of para-hydroxylation sites is 1. The highest BCUT2D eigenvalue weighted by molar-refractivity contribution is 5.96. The summed E-state index contributed by atoms with van der Waals surface area (Å²) < 4.78 is 0. The van der Waals surface area contributed by atoms with E-state index in [2.05, 4.69) is 15.5 Å². The van der Waals surface area contributed by atoms with Gasteiger partial charge in [-0.05, 0) is 38.4 Å². The van der Waals surface area contributed by atoms with Gasteiger partial charge in [0.1, 0.15) is 0 Å². The Morgan fingerprint density at radius 1 is 1.33 bits per heavy atom. The molecule has 114 valence electrons. The third-order valence-electron chi connectivity index (χ3n) is 3.77. The number of nitrogens with one attached hydrogen (secondary N) is 2. The number of piperidine rings is 1. The summed E-state index contributed by atoms with van der Waals surface area (Å²) in [5, 5.41) is 5.62. The number of urea groups is 1. The highest BCUT2D eigenvalue weighted by Crippen LogP contribution is 2.17. The Morgan fingerprint density at radius 3 is 2.71 bits per heavy atom. The monoisotopic (exact) mass is 290 g/mol. The van der Waals surface area contributed by atoms with Crippen LogP contribution >= 0.6 is 0 Å². The van der Waals surface area contributed by atoms with E-state index >= 15 is 0 Å². The average molecular weight is 290 g/mol. The van der Waals surface area contributed by atoms with Crippen LogP contribution < -0.4 is 16.4 Å². The van der Waals surface area contributed by atoms with E-state index in [0.29, 0.717) is 6.04 Å². The first-order chi connectivity index (χ1) is 10.1. The van der Waals surface area contributed by atoms with Crippen molar-refractivity contribution in [2.45, 2.75) is 31.8 Å². The molecule has 6 heteroatoms. The fraction of sp³-hybridized carbons (Fsp3) is 0.467. The van der Waals surface area contributed by atoms with Crippen LogP contribution in [0.2, 0.25) is 0 Å².